The third-order valence-electron chi connectivity index (χ3n) is 2.81. The van der Waals surface area contributed by atoms with Crippen LogP contribution >= 0.6 is 0 Å². The maximum atomic E-state index is 10.7. The van der Waals surface area contributed by atoms with Gasteiger partial charge in [-0.3, -0.25) is 0 Å². The van der Waals surface area contributed by atoms with Gasteiger partial charge >= 0.3 is 5.97 Å². The Bertz CT molecular complexity index is 206. The molecule has 1 aliphatic rings. The van der Waals surface area contributed by atoms with E-state index in [1.165, 1.54) is 37.7 Å². The lowest BCUT2D eigenvalue weighted by atomic mass is 9.93. The molecule has 0 aromatic rings. The Labute approximate surface area is 79.6 Å². The number of aliphatic carboxylic acids is 1. The van der Waals surface area contributed by atoms with Crippen molar-refractivity contribution in [2.45, 2.75) is 51.9 Å². The second-order valence-corrected chi connectivity index (χ2v) is 3.80. The molecule has 13 heavy (non-hydrogen) atoms. The smallest absolute Gasteiger partial charge is 0.331 e. The lowest BCUT2D eigenvalue weighted by molar-refractivity contribution is -0.132. The van der Waals surface area contributed by atoms with Gasteiger partial charge < -0.3 is 5.11 Å². The molecule has 0 saturated heterocycles. The number of rotatable bonds is 1. The van der Waals surface area contributed by atoms with Gasteiger partial charge in [-0.1, -0.05) is 24.8 Å². The highest BCUT2D eigenvalue weighted by molar-refractivity contribution is 5.86. The van der Waals surface area contributed by atoms with Crippen LogP contribution in [0.25, 0.3) is 0 Å². The summed E-state index contributed by atoms with van der Waals surface area (Å²) in [6, 6.07) is 0. The highest BCUT2D eigenvalue weighted by Crippen LogP contribution is 2.24. The monoisotopic (exact) mass is 182 g/mol. The van der Waals surface area contributed by atoms with Crippen LogP contribution in [0, 0.1) is 0 Å². The summed E-state index contributed by atoms with van der Waals surface area (Å²) >= 11 is 0. The molecular weight excluding hydrogens is 164 g/mol. The summed E-state index contributed by atoms with van der Waals surface area (Å²) in [5.41, 5.74) is 1.76. The summed E-state index contributed by atoms with van der Waals surface area (Å²) in [6.07, 6.45) is 8.17. The van der Waals surface area contributed by atoms with Gasteiger partial charge in [0.2, 0.25) is 0 Å². The van der Waals surface area contributed by atoms with Crippen molar-refractivity contribution in [1.82, 2.24) is 0 Å². The van der Waals surface area contributed by atoms with Gasteiger partial charge in [0.25, 0.3) is 0 Å². The first-order chi connectivity index (χ1) is 6.22. The minimum Gasteiger partial charge on any atom is -0.478 e. The normalized spacial score (nSPS) is 19.0. The molecule has 2 nitrogen and oxygen atoms in total. The quantitative estimate of drug-likeness (QED) is 0.632. The van der Waals surface area contributed by atoms with Crippen molar-refractivity contribution in [3.8, 4) is 0 Å². The van der Waals surface area contributed by atoms with E-state index >= 15 is 0 Å². The lowest BCUT2D eigenvalue weighted by Gasteiger charge is -2.13. The van der Waals surface area contributed by atoms with Crippen molar-refractivity contribution in [1.29, 1.82) is 0 Å². The predicted molar refractivity (Wildman–Crippen MR) is 52.7 cm³/mol. The van der Waals surface area contributed by atoms with Crippen LogP contribution in [-0.2, 0) is 4.79 Å². The second kappa shape index (κ2) is 5.05. The SMILES string of the molecule is CC(C(=O)O)=C1CCCCCCC1. The average Bonchev–Trinajstić information content (AvgIpc) is 2.02. The number of hydrogen-bond acceptors (Lipinski definition) is 1. The first kappa shape index (κ1) is 10.3. The van der Waals surface area contributed by atoms with Gasteiger partial charge in [-0.2, -0.15) is 0 Å². The van der Waals surface area contributed by atoms with Crippen LogP contribution in [0.1, 0.15) is 51.9 Å². The first-order valence-electron chi connectivity index (χ1n) is 5.13. The van der Waals surface area contributed by atoms with Gasteiger partial charge in [0.1, 0.15) is 0 Å². The summed E-state index contributed by atoms with van der Waals surface area (Å²) in [5.74, 6) is -0.740. The van der Waals surface area contributed by atoms with Crippen LogP contribution in [0.2, 0.25) is 0 Å². The molecule has 0 atom stereocenters. The van der Waals surface area contributed by atoms with Crippen molar-refractivity contribution in [3.63, 3.8) is 0 Å². The van der Waals surface area contributed by atoms with Gasteiger partial charge in [-0.25, -0.2) is 4.79 Å². The Morgan fingerprint density at radius 2 is 1.54 bits per heavy atom. The van der Waals surface area contributed by atoms with Gasteiger partial charge in [-0.05, 0) is 32.6 Å². The second-order valence-electron chi connectivity index (χ2n) is 3.80. The van der Waals surface area contributed by atoms with E-state index < -0.39 is 5.97 Å². The average molecular weight is 182 g/mol. The van der Waals surface area contributed by atoms with Crippen molar-refractivity contribution >= 4 is 5.97 Å². The number of carboxylic acids is 1. The van der Waals surface area contributed by atoms with E-state index in [-0.39, 0.29) is 0 Å². The fourth-order valence-corrected chi connectivity index (χ4v) is 1.86. The maximum Gasteiger partial charge on any atom is 0.331 e. The molecule has 0 bridgehead atoms. The number of carbonyl (C=O) groups is 1. The Hall–Kier alpha value is -0.790. The molecule has 74 valence electrons. The molecule has 1 rings (SSSR count). The molecule has 0 heterocycles. The molecule has 0 aromatic heterocycles. The zero-order valence-electron chi connectivity index (χ0n) is 8.31. The molecule has 0 spiro atoms. The van der Waals surface area contributed by atoms with Gasteiger partial charge in [0, 0.05) is 5.57 Å². The van der Waals surface area contributed by atoms with E-state index in [1.54, 1.807) is 6.92 Å². The zero-order valence-corrected chi connectivity index (χ0v) is 8.31. The van der Waals surface area contributed by atoms with Crippen LogP contribution in [0.5, 0.6) is 0 Å². The summed E-state index contributed by atoms with van der Waals surface area (Å²) < 4.78 is 0. The van der Waals surface area contributed by atoms with E-state index in [4.69, 9.17) is 5.11 Å². The number of hydrogen-bond donors (Lipinski definition) is 1. The Morgan fingerprint density at radius 1 is 1.08 bits per heavy atom. The van der Waals surface area contributed by atoms with Crippen molar-refractivity contribution in [2.75, 3.05) is 0 Å². The summed E-state index contributed by atoms with van der Waals surface area (Å²) in [4.78, 5) is 10.7. The van der Waals surface area contributed by atoms with E-state index in [2.05, 4.69) is 0 Å². The highest BCUT2D eigenvalue weighted by Gasteiger charge is 2.10. The van der Waals surface area contributed by atoms with Crippen molar-refractivity contribution < 1.29 is 9.90 Å². The Morgan fingerprint density at radius 3 is 2.00 bits per heavy atom. The minimum atomic E-state index is -0.740. The molecule has 0 aliphatic heterocycles. The Kier molecular flexibility index (Phi) is 4.00. The third-order valence-corrected chi connectivity index (χ3v) is 2.81. The molecule has 0 radical (unpaired) electrons. The summed E-state index contributed by atoms with van der Waals surface area (Å²) in [6.45, 7) is 1.74. The largest absolute Gasteiger partial charge is 0.478 e. The topological polar surface area (TPSA) is 37.3 Å². The van der Waals surface area contributed by atoms with E-state index in [9.17, 15) is 4.79 Å². The predicted octanol–water partition coefficient (Wildman–Crippen LogP) is 3.13. The fourth-order valence-electron chi connectivity index (χ4n) is 1.86. The van der Waals surface area contributed by atoms with E-state index in [0.29, 0.717) is 5.57 Å². The number of carboxylic acid groups (broad SMARTS) is 1. The Balaban J connectivity index is 2.64. The maximum absolute atomic E-state index is 10.7. The highest BCUT2D eigenvalue weighted by atomic mass is 16.4. The molecule has 0 unspecified atom stereocenters. The molecule has 1 saturated carbocycles. The summed E-state index contributed by atoms with van der Waals surface area (Å²) in [5, 5.41) is 8.84. The third kappa shape index (κ3) is 3.21. The van der Waals surface area contributed by atoms with Crippen molar-refractivity contribution in [3.05, 3.63) is 11.1 Å². The van der Waals surface area contributed by atoms with Crippen molar-refractivity contribution in [2.24, 2.45) is 0 Å². The standard InChI is InChI=1S/C11H18O2/c1-9(11(12)13)10-7-5-3-2-4-6-8-10/h2-8H2,1H3,(H,12,13). The van der Waals surface area contributed by atoms with Gasteiger partial charge in [0.05, 0.1) is 0 Å². The molecule has 1 N–H and O–H groups in total. The van der Waals surface area contributed by atoms with Crippen LogP contribution < -0.4 is 0 Å². The molecule has 1 fully saturated rings. The molecule has 1 aliphatic carbocycles. The molecular formula is C11H18O2. The molecule has 2 heteroatoms. The van der Waals surface area contributed by atoms with Gasteiger partial charge in [0.15, 0.2) is 0 Å². The van der Waals surface area contributed by atoms with Crippen LogP contribution in [0.3, 0.4) is 0 Å². The van der Waals surface area contributed by atoms with Gasteiger partial charge in [-0.15, -0.1) is 0 Å². The lowest BCUT2D eigenvalue weighted by Crippen LogP contribution is -2.03. The van der Waals surface area contributed by atoms with Crippen LogP contribution in [-0.4, -0.2) is 11.1 Å². The van der Waals surface area contributed by atoms with Crippen LogP contribution in [0.4, 0.5) is 0 Å². The van der Waals surface area contributed by atoms with E-state index in [0.717, 1.165) is 12.8 Å². The zero-order chi connectivity index (χ0) is 9.68. The molecule has 0 amide bonds. The van der Waals surface area contributed by atoms with E-state index in [1.807, 2.05) is 0 Å². The fraction of sp³-hybridized carbons (Fsp3) is 0.727. The number of allylic oxidation sites excluding steroid dienone is 1. The summed E-state index contributed by atoms with van der Waals surface area (Å²) in [7, 11) is 0. The molecule has 0 aromatic carbocycles. The first-order valence-corrected chi connectivity index (χ1v) is 5.13. The minimum absolute atomic E-state index is 0.585. The van der Waals surface area contributed by atoms with Crippen LogP contribution in [0.15, 0.2) is 11.1 Å².